The largest absolute Gasteiger partial charge is 0.506 e. The van der Waals surface area contributed by atoms with Gasteiger partial charge in [0.1, 0.15) is 17.6 Å². The van der Waals surface area contributed by atoms with Gasteiger partial charge in [0.05, 0.1) is 35.3 Å². The fourth-order valence-electron chi connectivity index (χ4n) is 7.82. The molecule has 0 bridgehead atoms. The van der Waals surface area contributed by atoms with Crippen molar-refractivity contribution >= 4 is 53.1 Å². The van der Waals surface area contributed by atoms with Crippen molar-refractivity contribution in [3.63, 3.8) is 0 Å². The SMILES string of the molecule is C/C=C\c1c(C(O)CNCc2cc(Cl)c(NC(=O)CCN3CCC4(CC3)CC(OC(=O)Nc3ccccc3-c3ccccc3)C4)cc2OC)ccc(O)c1NC=O. The number of aromatic hydroxyl groups is 1. The van der Waals surface area contributed by atoms with Gasteiger partial charge in [0.25, 0.3) is 0 Å². The van der Waals surface area contributed by atoms with Crippen molar-refractivity contribution in [2.75, 3.05) is 49.2 Å². The summed E-state index contributed by atoms with van der Waals surface area (Å²) in [5.74, 6) is 0.262. The van der Waals surface area contributed by atoms with Crippen LogP contribution in [0.1, 0.15) is 61.8 Å². The van der Waals surface area contributed by atoms with E-state index in [1.165, 1.54) is 13.2 Å². The normalized spacial score (nSPS) is 15.8. The van der Waals surface area contributed by atoms with Gasteiger partial charge in [0, 0.05) is 48.8 Å². The number of allylic oxidation sites excluding steroid dienone is 1. The number of aliphatic hydroxyl groups excluding tert-OH is 1. The number of piperidine rings is 1. The van der Waals surface area contributed by atoms with Gasteiger partial charge < -0.3 is 40.5 Å². The number of nitrogens with one attached hydrogen (secondary N) is 4. The summed E-state index contributed by atoms with van der Waals surface area (Å²) >= 11 is 6.62. The number of benzene rings is 4. The summed E-state index contributed by atoms with van der Waals surface area (Å²) in [4.78, 5) is 39.3. The van der Waals surface area contributed by atoms with Gasteiger partial charge in [-0.25, -0.2) is 4.79 Å². The van der Waals surface area contributed by atoms with Crippen LogP contribution in [0.4, 0.5) is 21.9 Å². The second-order valence-corrected chi connectivity index (χ2v) is 15.0. The average molecular weight is 796 g/mol. The molecule has 6 rings (SSSR count). The number of methoxy groups -OCH3 is 1. The molecule has 6 N–H and O–H groups in total. The molecule has 0 aromatic heterocycles. The van der Waals surface area contributed by atoms with E-state index in [0.717, 1.165) is 61.2 Å². The van der Waals surface area contributed by atoms with E-state index in [0.29, 0.717) is 53.5 Å². The first-order valence-corrected chi connectivity index (χ1v) is 19.6. The third-order valence-electron chi connectivity index (χ3n) is 10.9. The average Bonchev–Trinajstić information content (AvgIpc) is 3.20. The van der Waals surface area contributed by atoms with Crippen LogP contribution in [0.25, 0.3) is 17.2 Å². The van der Waals surface area contributed by atoms with Gasteiger partial charge in [-0.1, -0.05) is 78.4 Å². The molecule has 300 valence electrons. The van der Waals surface area contributed by atoms with E-state index < -0.39 is 12.2 Å². The monoisotopic (exact) mass is 795 g/mol. The van der Waals surface area contributed by atoms with E-state index in [9.17, 15) is 24.6 Å². The van der Waals surface area contributed by atoms with E-state index in [4.69, 9.17) is 21.1 Å². The van der Waals surface area contributed by atoms with Crippen LogP contribution in [0.2, 0.25) is 5.02 Å². The van der Waals surface area contributed by atoms with E-state index >= 15 is 0 Å². The number of likely N-dealkylation sites (tertiary alicyclic amines) is 1. The first kappa shape index (κ1) is 41.2. The molecule has 1 heterocycles. The van der Waals surface area contributed by atoms with Gasteiger partial charge in [0.15, 0.2) is 0 Å². The molecule has 13 heteroatoms. The Hall–Kier alpha value is -5.40. The number of rotatable bonds is 16. The molecule has 1 spiro atoms. The third-order valence-corrected chi connectivity index (χ3v) is 11.2. The van der Waals surface area contributed by atoms with Crippen LogP contribution in [0.3, 0.4) is 0 Å². The number of hydrogen-bond donors (Lipinski definition) is 6. The summed E-state index contributed by atoms with van der Waals surface area (Å²) in [7, 11) is 1.54. The molecule has 12 nitrogen and oxygen atoms in total. The molecule has 1 saturated carbocycles. The van der Waals surface area contributed by atoms with Crippen molar-refractivity contribution in [2.24, 2.45) is 5.41 Å². The second-order valence-electron chi connectivity index (χ2n) is 14.6. The Bertz CT molecular complexity index is 2060. The lowest BCUT2D eigenvalue weighted by Gasteiger charge is -2.51. The highest BCUT2D eigenvalue weighted by atomic mass is 35.5. The number of phenols is 1. The molecule has 2 fully saturated rings. The van der Waals surface area contributed by atoms with Gasteiger partial charge in [-0.05, 0) is 80.4 Å². The minimum atomic E-state index is -0.956. The van der Waals surface area contributed by atoms with Crippen molar-refractivity contribution in [3.05, 3.63) is 107 Å². The quantitative estimate of drug-likeness (QED) is 0.0488. The number of amides is 3. The summed E-state index contributed by atoms with van der Waals surface area (Å²) in [6.07, 6.45) is 6.42. The number of anilines is 3. The number of ether oxygens (including phenoxy) is 2. The van der Waals surface area contributed by atoms with Gasteiger partial charge in [-0.2, -0.15) is 0 Å². The molecule has 1 atom stereocenters. The molecule has 1 unspecified atom stereocenters. The maximum absolute atomic E-state index is 13.0. The predicted octanol–water partition coefficient (Wildman–Crippen LogP) is 7.97. The molecule has 2 aliphatic rings. The van der Waals surface area contributed by atoms with Gasteiger partial charge >= 0.3 is 6.09 Å². The maximum atomic E-state index is 13.0. The van der Waals surface area contributed by atoms with Gasteiger partial charge in [-0.3, -0.25) is 14.9 Å². The number of aliphatic hydroxyl groups is 1. The smallest absolute Gasteiger partial charge is 0.411 e. The highest BCUT2D eigenvalue weighted by Crippen LogP contribution is 2.50. The van der Waals surface area contributed by atoms with Crippen molar-refractivity contribution in [1.29, 1.82) is 0 Å². The number of phenolic OH excluding ortho intramolecular Hbond substituents is 1. The number of nitrogens with zero attached hydrogens (tertiary/aromatic N) is 1. The molecule has 1 saturated heterocycles. The number of hydrogen-bond acceptors (Lipinski definition) is 9. The van der Waals surface area contributed by atoms with E-state index in [1.54, 1.807) is 37.3 Å². The van der Waals surface area contributed by atoms with Crippen LogP contribution in [-0.2, 0) is 20.9 Å². The molecular weight excluding hydrogens is 746 g/mol. The molecule has 4 aromatic carbocycles. The van der Waals surface area contributed by atoms with Crippen molar-refractivity contribution in [3.8, 4) is 22.6 Å². The fourth-order valence-corrected chi connectivity index (χ4v) is 8.05. The highest BCUT2D eigenvalue weighted by Gasteiger charge is 2.47. The maximum Gasteiger partial charge on any atom is 0.411 e. The summed E-state index contributed by atoms with van der Waals surface area (Å²) in [5.41, 5.74) is 5.29. The Kier molecular flexibility index (Phi) is 13.9. The number of para-hydroxylation sites is 1. The summed E-state index contributed by atoms with van der Waals surface area (Å²) < 4.78 is 11.4. The number of halogens is 1. The fraction of sp³-hybridized carbons (Fsp3) is 0.341. The lowest BCUT2D eigenvalue weighted by Crippen LogP contribution is -2.50. The van der Waals surface area contributed by atoms with Crippen LogP contribution in [0, 0.1) is 5.41 Å². The lowest BCUT2D eigenvalue weighted by atomic mass is 9.61. The number of carbonyl (C=O) groups is 3. The lowest BCUT2D eigenvalue weighted by molar-refractivity contribution is -0.116. The molecule has 1 aliphatic heterocycles. The number of carbonyl (C=O) groups excluding carboxylic acids is 3. The Labute approximate surface area is 338 Å². The zero-order valence-electron chi connectivity index (χ0n) is 32.2. The standard InChI is InChI=1S/C44H50ClN5O7/c1-3-9-34-33(14-15-38(52)42(34)47-28-51)39(53)27-46-26-30-22-35(45)37(23-40(30)56-2)48-41(54)16-19-50-20-17-44(18-21-50)24-31(25-44)57-43(55)49-36-13-8-7-12-32(36)29-10-5-4-6-11-29/h3-15,22-23,28,31,39,46,52-53H,16-21,24-27H2,1-2H3,(H,47,51)(H,48,54)(H,49,55)/b9-3-. The third kappa shape index (κ3) is 10.3. The predicted molar refractivity (Wildman–Crippen MR) is 224 cm³/mol. The zero-order valence-corrected chi connectivity index (χ0v) is 33.0. The molecule has 0 radical (unpaired) electrons. The summed E-state index contributed by atoms with van der Waals surface area (Å²) in [5, 5.41) is 33.2. The van der Waals surface area contributed by atoms with Crippen LogP contribution < -0.4 is 26.0 Å². The Morgan fingerprint density at radius 3 is 2.46 bits per heavy atom. The van der Waals surface area contributed by atoms with E-state index in [2.05, 4.69) is 26.2 Å². The molecule has 3 amide bonds. The topological polar surface area (TPSA) is 161 Å². The second kappa shape index (κ2) is 19.2. The molecule has 57 heavy (non-hydrogen) atoms. The van der Waals surface area contributed by atoms with Crippen molar-refractivity contribution in [2.45, 2.75) is 57.8 Å². The van der Waals surface area contributed by atoms with Crippen molar-refractivity contribution in [1.82, 2.24) is 10.2 Å². The minimum Gasteiger partial charge on any atom is -0.506 e. The van der Waals surface area contributed by atoms with Crippen LogP contribution >= 0.6 is 11.6 Å². The van der Waals surface area contributed by atoms with Crippen molar-refractivity contribution < 1.29 is 34.1 Å². The molecular formula is C44H50ClN5O7. The molecule has 4 aromatic rings. The summed E-state index contributed by atoms with van der Waals surface area (Å²) in [6, 6.07) is 24.1. The Morgan fingerprint density at radius 1 is 1.00 bits per heavy atom. The Morgan fingerprint density at radius 2 is 1.74 bits per heavy atom. The van der Waals surface area contributed by atoms with E-state index in [-0.39, 0.29) is 35.4 Å². The Balaban J connectivity index is 0.925. The van der Waals surface area contributed by atoms with Gasteiger partial charge in [0.2, 0.25) is 12.3 Å². The van der Waals surface area contributed by atoms with E-state index in [1.807, 2.05) is 54.6 Å². The summed E-state index contributed by atoms with van der Waals surface area (Å²) in [6.45, 7) is 4.64. The first-order valence-electron chi connectivity index (χ1n) is 19.2. The first-order chi connectivity index (χ1) is 27.6. The van der Waals surface area contributed by atoms with Crippen LogP contribution in [0.15, 0.2) is 84.9 Å². The minimum absolute atomic E-state index is 0.105. The highest BCUT2D eigenvalue weighted by molar-refractivity contribution is 6.33. The molecule has 1 aliphatic carbocycles. The zero-order chi connectivity index (χ0) is 40.4. The van der Waals surface area contributed by atoms with Crippen LogP contribution in [0.5, 0.6) is 11.5 Å². The van der Waals surface area contributed by atoms with Crippen LogP contribution in [-0.4, -0.2) is 72.9 Å². The van der Waals surface area contributed by atoms with Gasteiger partial charge in [-0.15, -0.1) is 0 Å².